The van der Waals surface area contributed by atoms with E-state index in [0.29, 0.717) is 0 Å². The van der Waals surface area contributed by atoms with Gasteiger partial charge < -0.3 is 4.57 Å². The van der Waals surface area contributed by atoms with Gasteiger partial charge >= 0.3 is 0 Å². The summed E-state index contributed by atoms with van der Waals surface area (Å²) in [6, 6.07) is 53.5. The lowest BCUT2D eigenvalue weighted by atomic mass is 9.96. The largest absolute Gasteiger partial charge is 0.309 e. The van der Waals surface area contributed by atoms with Gasteiger partial charge in [-0.2, -0.15) is 5.10 Å². The summed E-state index contributed by atoms with van der Waals surface area (Å²) in [6.45, 7) is 0. The van der Waals surface area contributed by atoms with Crippen molar-refractivity contribution in [1.29, 1.82) is 0 Å². The number of benzene rings is 5. The normalized spacial score (nSPS) is 11.6. The first-order valence-corrected chi connectivity index (χ1v) is 14.9. The lowest BCUT2D eigenvalue weighted by Gasteiger charge is -2.11. The van der Waals surface area contributed by atoms with E-state index in [9.17, 15) is 0 Å². The van der Waals surface area contributed by atoms with Gasteiger partial charge in [-0.3, -0.25) is 4.98 Å². The molecule has 4 aromatic heterocycles. The molecule has 0 N–H and O–H groups in total. The van der Waals surface area contributed by atoms with Crippen LogP contribution in [0.4, 0.5) is 0 Å². The Morgan fingerprint density at radius 1 is 0.500 bits per heavy atom. The number of para-hydroxylation sites is 2. The number of nitrogens with zero attached hydrogens (tertiary/aromatic N) is 4. The highest BCUT2D eigenvalue weighted by Crippen LogP contribution is 2.42. The van der Waals surface area contributed by atoms with Crippen LogP contribution < -0.4 is 0 Å². The lowest BCUT2D eigenvalue weighted by molar-refractivity contribution is 0.972. The Hall–Kier alpha value is -6.00. The molecule has 0 unspecified atom stereocenters. The molecule has 0 bridgehead atoms. The van der Waals surface area contributed by atoms with Gasteiger partial charge in [0.1, 0.15) is 5.69 Å². The van der Waals surface area contributed by atoms with E-state index in [1.54, 1.807) is 0 Å². The van der Waals surface area contributed by atoms with Crippen molar-refractivity contribution in [2.75, 3.05) is 0 Å². The van der Waals surface area contributed by atoms with E-state index in [2.05, 4.69) is 149 Å². The number of pyridine rings is 2. The van der Waals surface area contributed by atoms with Crippen LogP contribution in [0.5, 0.6) is 0 Å². The van der Waals surface area contributed by atoms with Crippen LogP contribution in [-0.2, 0) is 0 Å². The minimum absolute atomic E-state index is 0.886. The fourth-order valence-electron chi connectivity index (χ4n) is 6.64. The van der Waals surface area contributed by atoms with E-state index >= 15 is 0 Å². The second-order valence-electron chi connectivity index (χ2n) is 11.1. The van der Waals surface area contributed by atoms with Crippen molar-refractivity contribution in [3.63, 3.8) is 0 Å². The molecule has 5 aromatic carbocycles. The minimum Gasteiger partial charge on any atom is -0.309 e. The van der Waals surface area contributed by atoms with Gasteiger partial charge in [0.15, 0.2) is 0 Å². The van der Waals surface area contributed by atoms with E-state index in [-0.39, 0.29) is 0 Å². The molecule has 0 atom stereocenters. The van der Waals surface area contributed by atoms with Crippen molar-refractivity contribution >= 4 is 38.1 Å². The van der Waals surface area contributed by atoms with Gasteiger partial charge in [-0.15, -0.1) is 0 Å². The van der Waals surface area contributed by atoms with Crippen molar-refractivity contribution < 1.29 is 0 Å². The molecule has 0 saturated heterocycles. The highest BCUT2D eigenvalue weighted by atomic mass is 15.2. The third-order valence-electron chi connectivity index (χ3n) is 8.57. The van der Waals surface area contributed by atoms with Gasteiger partial charge in [0.05, 0.1) is 27.9 Å². The number of aromatic nitrogens is 4. The van der Waals surface area contributed by atoms with Crippen molar-refractivity contribution in [3.05, 3.63) is 158 Å². The zero-order valence-electron chi connectivity index (χ0n) is 23.8. The fourth-order valence-corrected chi connectivity index (χ4v) is 6.64. The zero-order valence-corrected chi connectivity index (χ0v) is 23.8. The second kappa shape index (κ2) is 9.79. The Morgan fingerprint density at radius 2 is 1.20 bits per heavy atom. The van der Waals surface area contributed by atoms with Crippen molar-refractivity contribution in [1.82, 2.24) is 19.2 Å². The molecule has 4 nitrogen and oxygen atoms in total. The van der Waals surface area contributed by atoms with Crippen LogP contribution in [0, 0.1) is 0 Å². The van der Waals surface area contributed by atoms with Gasteiger partial charge in [0.2, 0.25) is 0 Å². The molecule has 4 heterocycles. The average molecular weight is 563 g/mol. The molecule has 9 aromatic rings. The second-order valence-corrected chi connectivity index (χ2v) is 11.1. The first-order valence-electron chi connectivity index (χ1n) is 14.9. The summed E-state index contributed by atoms with van der Waals surface area (Å²) >= 11 is 0. The maximum atomic E-state index is 5.36. The third kappa shape index (κ3) is 3.71. The molecule has 0 aliphatic heterocycles. The fraction of sp³-hybridized carbons (Fsp3) is 0. The molecule has 0 radical (unpaired) electrons. The molecule has 0 amide bonds. The predicted molar refractivity (Wildman–Crippen MR) is 181 cm³/mol. The van der Waals surface area contributed by atoms with Crippen LogP contribution in [-0.4, -0.2) is 19.2 Å². The Morgan fingerprint density at radius 3 is 2.02 bits per heavy atom. The number of rotatable bonds is 4. The number of fused-ring (bicyclic) bond motifs is 6. The average Bonchev–Trinajstić information content (AvgIpc) is 3.66. The lowest BCUT2D eigenvalue weighted by Crippen LogP contribution is -1.97. The highest BCUT2D eigenvalue weighted by molar-refractivity contribution is 6.13. The van der Waals surface area contributed by atoms with Crippen molar-refractivity contribution in [2.24, 2.45) is 0 Å². The molecule has 44 heavy (non-hydrogen) atoms. The molecule has 0 saturated carbocycles. The highest BCUT2D eigenvalue weighted by Gasteiger charge is 2.23. The smallest absolute Gasteiger partial charge is 0.101 e. The van der Waals surface area contributed by atoms with Crippen LogP contribution in [0.3, 0.4) is 0 Å². The molecule has 206 valence electrons. The molecule has 4 heteroatoms. The topological polar surface area (TPSA) is 35.1 Å². The molecule has 0 aliphatic carbocycles. The first kappa shape index (κ1) is 24.6. The summed E-state index contributed by atoms with van der Waals surface area (Å²) in [5.41, 5.74) is 10.7. The first-order chi connectivity index (χ1) is 21.8. The van der Waals surface area contributed by atoms with Crippen LogP contribution in [0.1, 0.15) is 0 Å². The maximum absolute atomic E-state index is 5.36. The minimum atomic E-state index is 0.886. The SMILES string of the molecule is c1ccc(-c2nn3c(-c4ccccn4)cc4ccccc4c3c2-c2ccc3c4ccccc4n(-c4ccccc4)c3c2)cc1. The summed E-state index contributed by atoms with van der Waals surface area (Å²) < 4.78 is 4.47. The van der Waals surface area contributed by atoms with E-state index in [1.165, 1.54) is 21.8 Å². The number of hydrogen-bond donors (Lipinski definition) is 0. The monoisotopic (exact) mass is 562 g/mol. The van der Waals surface area contributed by atoms with E-state index in [4.69, 9.17) is 10.1 Å². The van der Waals surface area contributed by atoms with E-state index < -0.39 is 0 Å². The molecule has 0 spiro atoms. The van der Waals surface area contributed by atoms with Gasteiger partial charge in [0.25, 0.3) is 0 Å². The van der Waals surface area contributed by atoms with Crippen LogP contribution in [0.25, 0.3) is 77.6 Å². The zero-order chi connectivity index (χ0) is 29.0. The Labute approximate surface area is 254 Å². The number of hydrogen-bond acceptors (Lipinski definition) is 2. The summed E-state index contributed by atoms with van der Waals surface area (Å²) in [6.07, 6.45) is 1.84. The molecular formula is C40H26N4. The Kier molecular flexibility index (Phi) is 5.47. The van der Waals surface area contributed by atoms with Crippen molar-refractivity contribution in [3.8, 4) is 39.5 Å². The Bertz CT molecular complexity index is 2470. The van der Waals surface area contributed by atoms with Crippen LogP contribution in [0.2, 0.25) is 0 Å². The van der Waals surface area contributed by atoms with E-state index in [1.807, 2.05) is 18.3 Å². The van der Waals surface area contributed by atoms with Gasteiger partial charge in [-0.1, -0.05) is 109 Å². The quantitative estimate of drug-likeness (QED) is 0.214. The molecule has 0 fully saturated rings. The predicted octanol–water partition coefficient (Wildman–Crippen LogP) is 9.98. The molecule has 0 aliphatic rings. The summed E-state index contributed by atoms with van der Waals surface area (Å²) in [5.74, 6) is 0. The Balaban J connectivity index is 1.44. The summed E-state index contributed by atoms with van der Waals surface area (Å²) in [5, 5.41) is 10.1. The third-order valence-corrected chi connectivity index (χ3v) is 8.57. The van der Waals surface area contributed by atoms with Gasteiger partial charge in [-0.25, -0.2) is 4.52 Å². The standard InChI is InChI=1S/C40H26N4/c1-3-13-27(14-4-1)39-38(40-31-18-8-7-15-28(31)25-37(44(40)42-39)34-20-11-12-24-41-34)29-22-23-33-32-19-9-10-21-35(32)43(36(33)26-29)30-16-5-2-6-17-30/h1-26H. The maximum Gasteiger partial charge on any atom is 0.101 e. The van der Waals surface area contributed by atoms with E-state index in [0.717, 1.165) is 55.7 Å². The summed E-state index contributed by atoms with van der Waals surface area (Å²) in [7, 11) is 0. The molecular weight excluding hydrogens is 536 g/mol. The van der Waals surface area contributed by atoms with Crippen molar-refractivity contribution in [2.45, 2.75) is 0 Å². The van der Waals surface area contributed by atoms with Crippen LogP contribution >= 0.6 is 0 Å². The van der Waals surface area contributed by atoms with Gasteiger partial charge in [-0.05, 0) is 53.4 Å². The van der Waals surface area contributed by atoms with Crippen LogP contribution in [0.15, 0.2) is 158 Å². The van der Waals surface area contributed by atoms with Gasteiger partial charge in [0, 0.05) is 39.2 Å². The molecule has 9 rings (SSSR count). The summed E-state index contributed by atoms with van der Waals surface area (Å²) in [4.78, 5) is 4.74.